The molecule has 0 saturated carbocycles. The number of hydrogen-bond donors (Lipinski definition) is 1. The number of nitrogens with zero attached hydrogens (tertiary/aromatic N) is 1. The Hall–Kier alpha value is -0.450. The highest BCUT2D eigenvalue weighted by Crippen LogP contribution is 2.28. The molecule has 0 bridgehead atoms. The molecule has 0 aromatic carbocycles. The third kappa shape index (κ3) is 1.26. The molecular weight excluding hydrogens is 222 g/mol. The Bertz CT molecular complexity index is 303. The summed E-state index contributed by atoms with van der Waals surface area (Å²) in [5, 5.41) is 9.50. The second-order valence-electron chi connectivity index (χ2n) is 2.72. The van der Waals surface area contributed by atoms with Gasteiger partial charge in [-0.05, 0) is 15.9 Å². The molecule has 64 valence electrons. The van der Waals surface area contributed by atoms with Crippen molar-refractivity contribution >= 4 is 15.9 Å². The molecule has 0 fully saturated rings. The molecule has 2 rings (SSSR count). The number of ether oxygens (including phenoxy) is 1. The molecule has 0 aliphatic carbocycles. The average Bonchev–Trinajstić information content (AvgIpc) is 2.07. The summed E-state index contributed by atoms with van der Waals surface area (Å²) in [4.78, 5) is 3.99. The van der Waals surface area contributed by atoms with Gasteiger partial charge in [0.15, 0.2) is 0 Å². The first-order valence-corrected chi connectivity index (χ1v) is 4.46. The predicted octanol–water partition coefficient (Wildman–Crippen LogP) is 1.41. The quantitative estimate of drug-likeness (QED) is 0.732. The minimum absolute atomic E-state index is 0.366. The molecule has 0 amide bonds. The van der Waals surface area contributed by atoms with Crippen LogP contribution in [0.3, 0.4) is 0 Å². The Morgan fingerprint density at radius 1 is 1.58 bits per heavy atom. The van der Waals surface area contributed by atoms with Crippen LogP contribution in [0.5, 0.6) is 0 Å². The molecule has 1 aromatic heterocycles. The summed E-state index contributed by atoms with van der Waals surface area (Å²) in [6.07, 6.45) is 2.87. The van der Waals surface area contributed by atoms with E-state index in [0.717, 1.165) is 15.6 Å². The number of hydrogen-bond acceptors (Lipinski definition) is 3. The highest BCUT2D eigenvalue weighted by atomic mass is 79.9. The molecule has 1 aromatic rings. The Morgan fingerprint density at radius 2 is 2.42 bits per heavy atom. The highest BCUT2D eigenvalue weighted by molar-refractivity contribution is 9.10. The summed E-state index contributed by atoms with van der Waals surface area (Å²) in [6.45, 7) is 0.917. The van der Waals surface area contributed by atoms with E-state index in [2.05, 4.69) is 20.9 Å². The van der Waals surface area contributed by atoms with Crippen LogP contribution in [-0.4, -0.2) is 16.7 Å². The minimum atomic E-state index is -0.529. The van der Waals surface area contributed by atoms with E-state index >= 15 is 0 Å². The van der Waals surface area contributed by atoms with Gasteiger partial charge in [-0.3, -0.25) is 4.98 Å². The number of rotatable bonds is 0. The van der Waals surface area contributed by atoms with Crippen LogP contribution in [0.4, 0.5) is 0 Å². The predicted molar refractivity (Wildman–Crippen MR) is 46.6 cm³/mol. The van der Waals surface area contributed by atoms with Gasteiger partial charge >= 0.3 is 0 Å². The summed E-state index contributed by atoms with van der Waals surface area (Å²) >= 11 is 3.36. The van der Waals surface area contributed by atoms with Crippen LogP contribution in [0.15, 0.2) is 16.9 Å². The fourth-order valence-electron chi connectivity index (χ4n) is 1.28. The summed E-state index contributed by atoms with van der Waals surface area (Å²) < 4.78 is 6.08. The number of pyridine rings is 1. The topological polar surface area (TPSA) is 42.4 Å². The lowest BCUT2D eigenvalue weighted by Crippen LogP contribution is -2.16. The van der Waals surface area contributed by atoms with Crippen molar-refractivity contribution < 1.29 is 9.84 Å². The Balaban J connectivity index is 2.52. The van der Waals surface area contributed by atoms with Gasteiger partial charge in [0.05, 0.1) is 13.2 Å². The van der Waals surface area contributed by atoms with Crippen molar-refractivity contribution in [1.82, 2.24) is 4.98 Å². The fraction of sp³-hybridized carbons (Fsp3) is 0.375. The van der Waals surface area contributed by atoms with Gasteiger partial charge in [0.2, 0.25) is 0 Å². The van der Waals surface area contributed by atoms with E-state index in [1.165, 1.54) is 0 Å². The molecular formula is C8H8BrNO2. The molecule has 1 unspecified atom stereocenters. The Labute approximate surface area is 78.5 Å². The van der Waals surface area contributed by atoms with Crippen LogP contribution in [0.25, 0.3) is 0 Å². The zero-order chi connectivity index (χ0) is 8.55. The van der Waals surface area contributed by atoms with Gasteiger partial charge in [-0.15, -0.1) is 0 Å². The van der Waals surface area contributed by atoms with E-state index < -0.39 is 6.10 Å². The zero-order valence-corrected chi connectivity index (χ0v) is 7.91. The molecule has 3 nitrogen and oxygen atoms in total. The summed E-state index contributed by atoms with van der Waals surface area (Å²) in [5.41, 5.74) is 1.87. The van der Waals surface area contributed by atoms with Crippen molar-refractivity contribution in [2.24, 2.45) is 0 Å². The lowest BCUT2D eigenvalue weighted by molar-refractivity contribution is 0.00915. The van der Waals surface area contributed by atoms with Crippen LogP contribution < -0.4 is 0 Å². The maximum Gasteiger partial charge on any atom is 0.104 e. The first-order valence-electron chi connectivity index (χ1n) is 3.67. The van der Waals surface area contributed by atoms with Gasteiger partial charge in [-0.25, -0.2) is 0 Å². The van der Waals surface area contributed by atoms with Crippen molar-refractivity contribution in [3.63, 3.8) is 0 Å². The first-order chi connectivity index (χ1) is 5.79. The van der Waals surface area contributed by atoms with E-state index in [9.17, 15) is 5.11 Å². The van der Waals surface area contributed by atoms with Crippen LogP contribution >= 0.6 is 15.9 Å². The molecule has 0 radical (unpaired) electrons. The second-order valence-corrected chi connectivity index (χ2v) is 3.57. The molecule has 1 aliphatic rings. The van der Waals surface area contributed by atoms with Gasteiger partial charge in [-0.1, -0.05) is 0 Å². The number of halogens is 1. The van der Waals surface area contributed by atoms with Crippen molar-refractivity contribution in [2.75, 3.05) is 6.61 Å². The van der Waals surface area contributed by atoms with E-state index in [4.69, 9.17) is 4.74 Å². The Morgan fingerprint density at radius 3 is 3.17 bits per heavy atom. The summed E-state index contributed by atoms with van der Waals surface area (Å²) in [7, 11) is 0. The smallest absolute Gasteiger partial charge is 0.104 e. The van der Waals surface area contributed by atoms with Gasteiger partial charge in [-0.2, -0.15) is 0 Å². The van der Waals surface area contributed by atoms with E-state index in [0.29, 0.717) is 13.2 Å². The average molecular weight is 230 g/mol. The number of aliphatic hydroxyl groups excluding tert-OH is 1. The molecule has 1 aliphatic heterocycles. The van der Waals surface area contributed by atoms with Gasteiger partial charge in [0.1, 0.15) is 6.10 Å². The number of aromatic nitrogens is 1. The van der Waals surface area contributed by atoms with Gasteiger partial charge in [0.25, 0.3) is 0 Å². The lowest BCUT2D eigenvalue weighted by Gasteiger charge is -2.21. The maximum atomic E-state index is 9.50. The van der Waals surface area contributed by atoms with Crippen molar-refractivity contribution in [3.8, 4) is 0 Å². The molecule has 12 heavy (non-hydrogen) atoms. The monoisotopic (exact) mass is 229 g/mol. The molecule has 2 heterocycles. The summed E-state index contributed by atoms with van der Waals surface area (Å²) in [5.74, 6) is 0. The second kappa shape index (κ2) is 3.12. The largest absolute Gasteiger partial charge is 0.386 e. The maximum absolute atomic E-state index is 9.50. The number of fused-ring (bicyclic) bond motifs is 1. The molecule has 0 spiro atoms. The van der Waals surface area contributed by atoms with Crippen LogP contribution in [-0.2, 0) is 11.3 Å². The fourth-order valence-corrected chi connectivity index (χ4v) is 1.74. The standard InChI is InChI=1S/C8H8BrNO2/c9-7-2-10-1-5-6(7)3-12-4-8(5)11/h1-2,8,11H,3-4H2. The van der Waals surface area contributed by atoms with Crippen LogP contribution in [0.2, 0.25) is 0 Å². The van der Waals surface area contributed by atoms with E-state index in [1.54, 1.807) is 12.4 Å². The molecule has 0 saturated heterocycles. The minimum Gasteiger partial charge on any atom is -0.386 e. The highest BCUT2D eigenvalue weighted by Gasteiger charge is 2.20. The SMILES string of the molecule is OC1COCc2c(Br)cncc21. The van der Waals surface area contributed by atoms with Crippen molar-refractivity contribution in [1.29, 1.82) is 0 Å². The van der Waals surface area contributed by atoms with Crippen molar-refractivity contribution in [2.45, 2.75) is 12.7 Å². The van der Waals surface area contributed by atoms with E-state index in [-0.39, 0.29) is 0 Å². The summed E-state index contributed by atoms with van der Waals surface area (Å²) in [6, 6.07) is 0. The Kier molecular flexibility index (Phi) is 2.12. The number of aliphatic hydroxyl groups is 1. The van der Waals surface area contributed by atoms with E-state index in [1.807, 2.05) is 0 Å². The van der Waals surface area contributed by atoms with Gasteiger partial charge in [0, 0.05) is 28.0 Å². The van der Waals surface area contributed by atoms with Crippen LogP contribution in [0.1, 0.15) is 17.2 Å². The molecule has 1 atom stereocenters. The molecule has 1 N–H and O–H groups in total. The first kappa shape index (κ1) is 8.16. The third-order valence-corrected chi connectivity index (χ3v) is 2.60. The van der Waals surface area contributed by atoms with Crippen LogP contribution in [0, 0.1) is 0 Å². The normalized spacial score (nSPS) is 22.0. The molecule has 4 heteroatoms. The lowest BCUT2D eigenvalue weighted by atomic mass is 10.0. The van der Waals surface area contributed by atoms with Crippen molar-refractivity contribution in [3.05, 3.63) is 28.0 Å². The third-order valence-electron chi connectivity index (χ3n) is 1.92. The van der Waals surface area contributed by atoms with Gasteiger partial charge < -0.3 is 9.84 Å². The zero-order valence-electron chi connectivity index (χ0n) is 6.33.